The molecule has 2 aliphatic heterocycles. The Morgan fingerprint density at radius 2 is 1.77 bits per heavy atom. The lowest BCUT2D eigenvalue weighted by molar-refractivity contribution is -0.186. The maximum absolute atomic E-state index is 12.9. The molecule has 0 radical (unpaired) electrons. The summed E-state index contributed by atoms with van der Waals surface area (Å²) in [4.78, 5) is 38.6. The number of Topliss-reactive ketones (excluding diaryl/α,β-unsaturated/α-hetero) is 1. The van der Waals surface area contributed by atoms with Gasteiger partial charge in [-0.15, -0.1) is 0 Å². The zero-order valence-corrected chi connectivity index (χ0v) is 14.3. The SMILES string of the molecule is Cc1ccc2c(c1)C(=O)CCN2C(=O)C1CCN(C(=O)C(F)(F)F)CC1. The van der Waals surface area contributed by atoms with Crippen molar-refractivity contribution in [3.63, 3.8) is 0 Å². The quantitative estimate of drug-likeness (QED) is 0.766. The van der Waals surface area contributed by atoms with E-state index in [-0.39, 0.29) is 50.6 Å². The van der Waals surface area contributed by atoms with Crippen molar-refractivity contribution < 1.29 is 27.6 Å². The van der Waals surface area contributed by atoms with Crippen LogP contribution in [-0.2, 0) is 9.59 Å². The van der Waals surface area contributed by atoms with Gasteiger partial charge in [-0.25, -0.2) is 0 Å². The highest BCUT2D eigenvalue weighted by Crippen LogP contribution is 2.32. The van der Waals surface area contributed by atoms with Crippen LogP contribution in [0.25, 0.3) is 0 Å². The van der Waals surface area contributed by atoms with Gasteiger partial charge in [0.1, 0.15) is 0 Å². The summed E-state index contributed by atoms with van der Waals surface area (Å²) in [5.41, 5.74) is 1.99. The van der Waals surface area contributed by atoms with Gasteiger partial charge in [0.15, 0.2) is 5.78 Å². The second kappa shape index (κ2) is 6.74. The van der Waals surface area contributed by atoms with Crippen LogP contribution in [0.4, 0.5) is 18.9 Å². The summed E-state index contributed by atoms with van der Waals surface area (Å²) < 4.78 is 37.5. The average molecular weight is 368 g/mol. The normalized spacial score (nSPS) is 18.7. The molecule has 3 rings (SSSR count). The summed E-state index contributed by atoms with van der Waals surface area (Å²) in [6, 6.07) is 5.31. The first kappa shape index (κ1) is 18.4. The highest BCUT2D eigenvalue weighted by Gasteiger charge is 2.44. The molecule has 8 heteroatoms. The van der Waals surface area contributed by atoms with Gasteiger partial charge in [-0.2, -0.15) is 13.2 Å². The van der Waals surface area contributed by atoms with Crippen LogP contribution in [0.5, 0.6) is 0 Å². The third-order valence-corrected chi connectivity index (χ3v) is 4.95. The standard InChI is InChI=1S/C18H19F3N2O3/c1-11-2-3-14-13(10-11)15(24)6-9-23(14)16(25)12-4-7-22(8-5-12)17(26)18(19,20)21/h2-3,10,12H,4-9H2,1H3. The van der Waals surface area contributed by atoms with E-state index in [4.69, 9.17) is 0 Å². The second-order valence-corrected chi connectivity index (χ2v) is 6.75. The predicted octanol–water partition coefficient (Wildman–Crippen LogP) is 2.72. The molecule has 1 aromatic carbocycles. The van der Waals surface area contributed by atoms with Crippen molar-refractivity contribution in [2.45, 2.75) is 32.4 Å². The van der Waals surface area contributed by atoms with E-state index in [1.165, 1.54) is 0 Å². The fourth-order valence-electron chi connectivity index (χ4n) is 3.54. The first-order valence-electron chi connectivity index (χ1n) is 8.50. The molecule has 0 unspecified atom stereocenters. The molecule has 2 heterocycles. The number of likely N-dealkylation sites (tertiary alicyclic amines) is 1. The van der Waals surface area contributed by atoms with Gasteiger partial charge in [0, 0.05) is 37.5 Å². The van der Waals surface area contributed by atoms with Gasteiger partial charge in [0.05, 0.1) is 5.69 Å². The summed E-state index contributed by atoms with van der Waals surface area (Å²) in [5, 5.41) is 0. The van der Waals surface area contributed by atoms with Crippen LogP contribution in [0, 0.1) is 12.8 Å². The number of amides is 2. The Bertz CT molecular complexity index is 753. The van der Waals surface area contributed by atoms with E-state index in [0.29, 0.717) is 11.3 Å². The lowest BCUT2D eigenvalue weighted by Crippen LogP contribution is -2.49. The molecule has 1 saturated heterocycles. The number of anilines is 1. The predicted molar refractivity (Wildman–Crippen MR) is 87.8 cm³/mol. The van der Waals surface area contributed by atoms with Crippen molar-refractivity contribution in [3.8, 4) is 0 Å². The lowest BCUT2D eigenvalue weighted by atomic mass is 9.92. The maximum atomic E-state index is 12.9. The Morgan fingerprint density at radius 1 is 1.12 bits per heavy atom. The van der Waals surface area contributed by atoms with Crippen LogP contribution in [0.1, 0.15) is 35.2 Å². The fraction of sp³-hybridized carbons (Fsp3) is 0.500. The van der Waals surface area contributed by atoms with Crippen molar-refractivity contribution in [2.24, 2.45) is 5.92 Å². The molecule has 0 aromatic heterocycles. The van der Waals surface area contributed by atoms with Crippen LogP contribution >= 0.6 is 0 Å². The van der Waals surface area contributed by atoms with E-state index in [2.05, 4.69) is 0 Å². The second-order valence-electron chi connectivity index (χ2n) is 6.75. The number of fused-ring (bicyclic) bond motifs is 1. The van der Waals surface area contributed by atoms with E-state index in [1.54, 1.807) is 17.0 Å². The maximum Gasteiger partial charge on any atom is 0.471 e. The van der Waals surface area contributed by atoms with Crippen molar-refractivity contribution in [1.82, 2.24) is 4.90 Å². The molecule has 1 aromatic rings. The van der Waals surface area contributed by atoms with Gasteiger partial charge in [-0.1, -0.05) is 11.6 Å². The molecular weight excluding hydrogens is 349 g/mol. The number of carbonyl (C=O) groups is 3. The Labute approximate surface area is 148 Å². The lowest BCUT2D eigenvalue weighted by Gasteiger charge is -2.36. The van der Waals surface area contributed by atoms with E-state index < -0.39 is 18.0 Å². The number of nitrogens with zero attached hydrogens (tertiary/aromatic N) is 2. The molecule has 140 valence electrons. The van der Waals surface area contributed by atoms with Crippen molar-refractivity contribution in [2.75, 3.05) is 24.5 Å². The van der Waals surface area contributed by atoms with Crippen LogP contribution in [0.2, 0.25) is 0 Å². The number of ketones is 1. The largest absolute Gasteiger partial charge is 0.471 e. The number of hydrogen-bond acceptors (Lipinski definition) is 3. The van der Waals surface area contributed by atoms with Crippen LogP contribution in [-0.4, -0.2) is 48.3 Å². The molecule has 0 atom stereocenters. The molecule has 0 bridgehead atoms. The van der Waals surface area contributed by atoms with Crippen LogP contribution < -0.4 is 4.90 Å². The third kappa shape index (κ3) is 3.45. The van der Waals surface area contributed by atoms with E-state index in [1.807, 2.05) is 13.0 Å². The summed E-state index contributed by atoms with van der Waals surface area (Å²) in [5.74, 6) is -2.51. The number of piperidine rings is 1. The number of alkyl halides is 3. The smallest absolute Gasteiger partial charge is 0.335 e. The number of carbonyl (C=O) groups excluding carboxylic acids is 3. The summed E-state index contributed by atoms with van der Waals surface area (Å²) in [6.45, 7) is 1.95. The molecule has 2 aliphatic rings. The first-order chi connectivity index (χ1) is 12.2. The first-order valence-corrected chi connectivity index (χ1v) is 8.50. The molecule has 1 fully saturated rings. The van der Waals surface area contributed by atoms with Crippen molar-refractivity contribution >= 4 is 23.3 Å². The van der Waals surface area contributed by atoms with Crippen molar-refractivity contribution in [1.29, 1.82) is 0 Å². The highest BCUT2D eigenvalue weighted by molar-refractivity contribution is 6.09. The Hall–Kier alpha value is -2.38. The van der Waals surface area contributed by atoms with Gasteiger partial charge in [-0.3, -0.25) is 14.4 Å². The Balaban J connectivity index is 1.71. The molecule has 26 heavy (non-hydrogen) atoms. The average Bonchev–Trinajstić information content (AvgIpc) is 2.60. The molecule has 0 saturated carbocycles. The zero-order chi connectivity index (χ0) is 19.1. The van der Waals surface area contributed by atoms with Gasteiger partial charge in [0.25, 0.3) is 0 Å². The Morgan fingerprint density at radius 3 is 2.38 bits per heavy atom. The van der Waals surface area contributed by atoms with Crippen molar-refractivity contribution in [3.05, 3.63) is 29.3 Å². The molecule has 5 nitrogen and oxygen atoms in total. The molecule has 0 aliphatic carbocycles. The zero-order valence-electron chi connectivity index (χ0n) is 14.3. The fourth-order valence-corrected chi connectivity index (χ4v) is 3.54. The molecule has 2 amide bonds. The summed E-state index contributed by atoms with van der Waals surface area (Å²) >= 11 is 0. The minimum Gasteiger partial charge on any atom is -0.335 e. The van der Waals surface area contributed by atoms with E-state index in [0.717, 1.165) is 10.5 Å². The number of halogens is 3. The monoisotopic (exact) mass is 368 g/mol. The van der Waals surface area contributed by atoms with Crippen LogP contribution in [0.15, 0.2) is 18.2 Å². The van der Waals surface area contributed by atoms with Gasteiger partial charge in [0.2, 0.25) is 5.91 Å². The van der Waals surface area contributed by atoms with Gasteiger partial charge < -0.3 is 9.80 Å². The van der Waals surface area contributed by atoms with E-state index in [9.17, 15) is 27.6 Å². The summed E-state index contributed by atoms with van der Waals surface area (Å²) in [7, 11) is 0. The number of hydrogen-bond donors (Lipinski definition) is 0. The Kier molecular flexibility index (Phi) is 4.77. The third-order valence-electron chi connectivity index (χ3n) is 4.95. The minimum absolute atomic E-state index is 0.0154. The number of benzene rings is 1. The summed E-state index contributed by atoms with van der Waals surface area (Å²) in [6.07, 6.45) is -4.28. The highest BCUT2D eigenvalue weighted by atomic mass is 19.4. The molecular formula is C18H19F3N2O3. The van der Waals surface area contributed by atoms with Gasteiger partial charge in [-0.05, 0) is 31.9 Å². The van der Waals surface area contributed by atoms with Gasteiger partial charge >= 0.3 is 12.1 Å². The van der Waals surface area contributed by atoms with E-state index >= 15 is 0 Å². The topological polar surface area (TPSA) is 57.7 Å². The number of rotatable bonds is 1. The molecule has 0 spiro atoms. The minimum atomic E-state index is -4.89. The number of aryl methyl sites for hydroxylation is 1. The van der Waals surface area contributed by atoms with Crippen LogP contribution in [0.3, 0.4) is 0 Å². The molecule has 0 N–H and O–H groups in total.